The van der Waals surface area contributed by atoms with Crippen molar-refractivity contribution in [2.24, 2.45) is 0 Å². The Labute approximate surface area is 248 Å². The number of hydrogen-bond donors (Lipinski definition) is 0. The van der Waals surface area contributed by atoms with E-state index >= 15 is 0 Å². The summed E-state index contributed by atoms with van der Waals surface area (Å²) in [7, 11) is 0. The largest absolute Gasteiger partial charge is 0.335 e. The first-order chi connectivity index (χ1) is 20.5. The highest BCUT2D eigenvalue weighted by molar-refractivity contribution is 6.10. The second-order valence-electron chi connectivity index (χ2n) is 11.9. The maximum atomic E-state index is 2.47. The standard InChI is InChI=1S/C40H34N2/c1-40(2,3)42-38-21-13-11-19-35(38)36-28-31(24-27-39(36)42)34-18-10-12-20-37(34)41(32-16-8-5-9-17-32)33-25-22-30(23-26-33)29-14-6-4-7-15-29/h4-28H,1-3H3. The van der Waals surface area contributed by atoms with Crippen molar-refractivity contribution in [2.75, 3.05) is 4.90 Å². The van der Waals surface area contributed by atoms with Gasteiger partial charge in [-0.15, -0.1) is 0 Å². The summed E-state index contributed by atoms with van der Waals surface area (Å²) in [5, 5.41) is 2.57. The first kappa shape index (κ1) is 25.9. The van der Waals surface area contributed by atoms with E-state index in [1.165, 1.54) is 44.1 Å². The minimum absolute atomic E-state index is 0.0310. The molecule has 0 unspecified atom stereocenters. The van der Waals surface area contributed by atoms with E-state index in [1.54, 1.807) is 0 Å². The average molecular weight is 543 g/mol. The molecular formula is C40H34N2. The minimum Gasteiger partial charge on any atom is -0.335 e. The summed E-state index contributed by atoms with van der Waals surface area (Å²) in [6.07, 6.45) is 0. The number of nitrogens with zero attached hydrogens (tertiary/aromatic N) is 2. The summed E-state index contributed by atoms with van der Waals surface area (Å²) < 4.78 is 2.47. The van der Waals surface area contributed by atoms with Gasteiger partial charge in [-0.1, -0.05) is 103 Å². The number of aromatic nitrogens is 1. The molecule has 0 aliphatic carbocycles. The van der Waals surface area contributed by atoms with Crippen molar-refractivity contribution in [3.05, 3.63) is 152 Å². The lowest BCUT2D eigenvalue weighted by Gasteiger charge is -2.28. The van der Waals surface area contributed by atoms with Gasteiger partial charge >= 0.3 is 0 Å². The summed E-state index contributed by atoms with van der Waals surface area (Å²) in [4.78, 5) is 2.37. The molecule has 0 bridgehead atoms. The SMILES string of the molecule is CC(C)(C)n1c2ccccc2c2cc(-c3ccccc3N(c3ccccc3)c3ccc(-c4ccccc4)cc3)ccc21. The smallest absolute Gasteiger partial charge is 0.0540 e. The van der Waals surface area contributed by atoms with Gasteiger partial charge in [-0.2, -0.15) is 0 Å². The van der Waals surface area contributed by atoms with Crippen molar-refractivity contribution in [1.82, 2.24) is 4.57 Å². The zero-order valence-corrected chi connectivity index (χ0v) is 24.3. The third kappa shape index (κ3) is 4.55. The molecule has 0 aliphatic heterocycles. The molecule has 6 aromatic carbocycles. The maximum absolute atomic E-state index is 2.47. The summed E-state index contributed by atoms with van der Waals surface area (Å²) in [5.74, 6) is 0. The van der Waals surface area contributed by atoms with Crippen LogP contribution in [-0.2, 0) is 5.54 Å². The molecule has 0 saturated heterocycles. The van der Waals surface area contributed by atoms with Crippen molar-refractivity contribution in [2.45, 2.75) is 26.3 Å². The number of benzene rings is 6. The van der Waals surface area contributed by atoms with E-state index in [-0.39, 0.29) is 5.54 Å². The summed E-state index contributed by atoms with van der Waals surface area (Å²) >= 11 is 0. The first-order valence-electron chi connectivity index (χ1n) is 14.6. The fourth-order valence-electron chi connectivity index (χ4n) is 6.21. The van der Waals surface area contributed by atoms with Crippen LogP contribution in [0, 0.1) is 0 Å². The van der Waals surface area contributed by atoms with Crippen LogP contribution in [0.2, 0.25) is 0 Å². The van der Waals surface area contributed by atoms with E-state index in [4.69, 9.17) is 0 Å². The van der Waals surface area contributed by atoms with Gasteiger partial charge in [0.1, 0.15) is 0 Å². The molecule has 0 amide bonds. The van der Waals surface area contributed by atoms with Gasteiger partial charge in [0.05, 0.1) is 5.69 Å². The fourth-order valence-corrected chi connectivity index (χ4v) is 6.21. The molecule has 7 rings (SSSR count). The predicted octanol–water partition coefficient (Wildman–Crippen LogP) is 11.4. The van der Waals surface area contributed by atoms with Crippen LogP contribution in [0.25, 0.3) is 44.1 Å². The second kappa shape index (κ2) is 10.4. The first-order valence-corrected chi connectivity index (χ1v) is 14.6. The van der Waals surface area contributed by atoms with Crippen LogP contribution < -0.4 is 4.90 Å². The zero-order chi connectivity index (χ0) is 28.7. The Kier molecular flexibility index (Phi) is 6.40. The summed E-state index contributed by atoms with van der Waals surface area (Å²) in [5.41, 5.74) is 10.7. The molecule has 1 aromatic heterocycles. The van der Waals surface area contributed by atoms with Crippen molar-refractivity contribution in [3.8, 4) is 22.3 Å². The highest BCUT2D eigenvalue weighted by atomic mass is 15.1. The number of rotatable bonds is 5. The Bertz CT molecular complexity index is 1990. The summed E-state index contributed by atoms with van der Waals surface area (Å²) in [6, 6.07) is 54.6. The molecule has 0 spiro atoms. The van der Waals surface area contributed by atoms with Gasteiger partial charge in [0.2, 0.25) is 0 Å². The van der Waals surface area contributed by atoms with E-state index in [0.29, 0.717) is 0 Å². The van der Waals surface area contributed by atoms with Crippen molar-refractivity contribution in [1.29, 1.82) is 0 Å². The lowest BCUT2D eigenvalue weighted by Crippen LogP contribution is -2.21. The fraction of sp³-hybridized carbons (Fsp3) is 0.100. The molecule has 7 aromatic rings. The van der Waals surface area contributed by atoms with Crippen LogP contribution in [-0.4, -0.2) is 4.57 Å². The maximum Gasteiger partial charge on any atom is 0.0540 e. The van der Waals surface area contributed by atoms with Gasteiger partial charge in [-0.05, 0) is 86.0 Å². The lowest BCUT2D eigenvalue weighted by molar-refractivity contribution is 0.423. The van der Waals surface area contributed by atoms with Crippen LogP contribution in [0.1, 0.15) is 20.8 Å². The number of fused-ring (bicyclic) bond motifs is 3. The lowest BCUT2D eigenvalue weighted by atomic mass is 9.99. The Morgan fingerprint density at radius 1 is 0.452 bits per heavy atom. The zero-order valence-electron chi connectivity index (χ0n) is 24.3. The van der Waals surface area contributed by atoms with E-state index in [9.17, 15) is 0 Å². The third-order valence-corrected chi connectivity index (χ3v) is 8.05. The van der Waals surface area contributed by atoms with Crippen LogP contribution in [0.5, 0.6) is 0 Å². The van der Waals surface area contributed by atoms with Gasteiger partial charge in [0.15, 0.2) is 0 Å². The number of hydrogen-bond acceptors (Lipinski definition) is 1. The topological polar surface area (TPSA) is 8.17 Å². The molecule has 0 radical (unpaired) electrons. The molecule has 2 heteroatoms. The molecule has 1 heterocycles. The molecule has 42 heavy (non-hydrogen) atoms. The number of para-hydroxylation sites is 3. The van der Waals surface area contributed by atoms with Crippen molar-refractivity contribution < 1.29 is 0 Å². The van der Waals surface area contributed by atoms with Gasteiger partial charge in [-0.3, -0.25) is 0 Å². The van der Waals surface area contributed by atoms with E-state index < -0.39 is 0 Å². The highest BCUT2D eigenvalue weighted by Crippen LogP contribution is 2.43. The van der Waals surface area contributed by atoms with E-state index in [1.807, 2.05) is 0 Å². The van der Waals surface area contributed by atoms with Crippen LogP contribution in [0.15, 0.2) is 152 Å². The van der Waals surface area contributed by atoms with Gasteiger partial charge in [0.25, 0.3) is 0 Å². The van der Waals surface area contributed by atoms with Gasteiger partial charge in [-0.25, -0.2) is 0 Å². The normalized spacial score (nSPS) is 11.7. The Morgan fingerprint density at radius 3 is 1.74 bits per heavy atom. The number of anilines is 3. The molecule has 2 nitrogen and oxygen atoms in total. The van der Waals surface area contributed by atoms with Gasteiger partial charge < -0.3 is 9.47 Å². The summed E-state index contributed by atoms with van der Waals surface area (Å²) in [6.45, 7) is 6.84. The molecule has 0 aliphatic rings. The average Bonchev–Trinajstić information content (AvgIpc) is 3.37. The van der Waals surface area contributed by atoms with Crippen LogP contribution >= 0.6 is 0 Å². The van der Waals surface area contributed by atoms with Crippen LogP contribution in [0.3, 0.4) is 0 Å². The molecule has 0 N–H and O–H groups in total. The Morgan fingerprint density at radius 2 is 1.00 bits per heavy atom. The molecule has 204 valence electrons. The van der Waals surface area contributed by atoms with Crippen LogP contribution in [0.4, 0.5) is 17.1 Å². The highest BCUT2D eigenvalue weighted by Gasteiger charge is 2.22. The van der Waals surface area contributed by atoms with Crippen molar-refractivity contribution in [3.63, 3.8) is 0 Å². The molecule has 0 fully saturated rings. The quantitative estimate of drug-likeness (QED) is 0.210. The molecular weight excluding hydrogens is 508 g/mol. The van der Waals surface area contributed by atoms with Crippen molar-refractivity contribution >= 4 is 38.9 Å². The second-order valence-corrected chi connectivity index (χ2v) is 11.9. The monoisotopic (exact) mass is 542 g/mol. The predicted molar refractivity (Wildman–Crippen MR) is 180 cm³/mol. The minimum atomic E-state index is -0.0310. The van der Waals surface area contributed by atoms with Gasteiger partial charge in [0, 0.05) is 44.3 Å². The molecule has 0 atom stereocenters. The Balaban J connectivity index is 1.40. The third-order valence-electron chi connectivity index (χ3n) is 8.05. The van der Waals surface area contributed by atoms with E-state index in [0.717, 1.165) is 17.1 Å². The Hall–Kier alpha value is -5.08. The van der Waals surface area contributed by atoms with E-state index in [2.05, 4.69) is 182 Å². The molecule has 0 saturated carbocycles.